The summed E-state index contributed by atoms with van der Waals surface area (Å²) in [6.45, 7) is 0.129. The fourth-order valence-corrected chi connectivity index (χ4v) is 5.67. The van der Waals surface area contributed by atoms with Crippen LogP contribution in [0.1, 0.15) is 37.7 Å². The van der Waals surface area contributed by atoms with Crippen molar-refractivity contribution in [2.45, 2.75) is 54.5 Å². The van der Waals surface area contributed by atoms with Crippen LogP contribution in [0.5, 0.6) is 0 Å². The van der Waals surface area contributed by atoms with Gasteiger partial charge in [0.1, 0.15) is 5.82 Å². The lowest BCUT2D eigenvalue weighted by molar-refractivity contribution is 0.247. The van der Waals surface area contributed by atoms with Gasteiger partial charge in [-0.3, -0.25) is 0 Å². The van der Waals surface area contributed by atoms with E-state index < -0.39 is 20.0 Å². The zero-order chi connectivity index (χ0) is 20.4. The Kier molecular flexibility index (Phi) is 6.18. The lowest BCUT2D eigenvalue weighted by Gasteiger charge is -2.33. The Bertz CT molecular complexity index is 1010. The summed E-state index contributed by atoms with van der Waals surface area (Å²) in [6.07, 6.45) is 4.49. The first-order valence-corrected chi connectivity index (χ1v) is 12.1. The Labute approximate surface area is 165 Å². The minimum atomic E-state index is -3.90. The van der Waals surface area contributed by atoms with Crippen LogP contribution in [0.3, 0.4) is 0 Å². The molecule has 0 radical (unpaired) electrons. The first-order chi connectivity index (χ1) is 13.2. The van der Waals surface area contributed by atoms with E-state index in [4.69, 9.17) is 5.14 Å². The predicted molar refractivity (Wildman–Crippen MR) is 104 cm³/mol. The van der Waals surface area contributed by atoms with Gasteiger partial charge in [-0.25, -0.2) is 26.4 Å². The average Bonchev–Trinajstić information content (AvgIpc) is 2.67. The maximum Gasteiger partial charge on any atom is 0.243 e. The maximum atomic E-state index is 13.3. The van der Waals surface area contributed by atoms with Gasteiger partial charge in [-0.1, -0.05) is 31.4 Å². The smallest absolute Gasteiger partial charge is 0.225 e. The zero-order valence-corrected chi connectivity index (χ0v) is 16.9. The maximum absolute atomic E-state index is 13.3. The van der Waals surface area contributed by atoms with Gasteiger partial charge in [-0.05, 0) is 54.8 Å². The standard InChI is InChI=1S/C19H23FN2O4S2/c20-16-8-6-15(7-9-16)14-22(17-4-2-1-3-5-17)28(25,26)19-12-10-18(11-13-19)27(21,23)24/h6-13,17H,1-5,14H2,(H2,21,23,24). The van der Waals surface area contributed by atoms with Gasteiger partial charge in [0.2, 0.25) is 20.0 Å². The summed E-state index contributed by atoms with van der Waals surface area (Å²) in [4.78, 5) is -0.137. The van der Waals surface area contributed by atoms with Gasteiger partial charge in [0, 0.05) is 12.6 Å². The molecule has 0 bridgehead atoms. The fourth-order valence-electron chi connectivity index (χ4n) is 3.49. The molecular formula is C19H23FN2O4S2. The van der Waals surface area contributed by atoms with Gasteiger partial charge in [0.25, 0.3) is 0 Å². The zero-order valence-electron chi connectivity index (χ0n) is 15.3. The molecule has 0 spiro atoms. The molecule has 28 heavy (non-hydrogen) atoms. The van der Waals surface area contributed by atoms with Crippen molar-refractivity contribution in [2.24, 2.45) is 5.14 Å². The summed E-state index contributed by atoms with van der Waals surface area (Å²) < 4.78 is 64.2. The molecule has 0 aliphatic heterocycles. The number of primary sulfonamides is 1. The molecular weight excluding hydrogens is 403 g/mol. The molecule has 6 nitrogen and oxygen atoms in total. The van der Waals surface area contributed by atoms with Crippen molar-refractivity contribution in [2.75, 3.05) is 0 Å². The quantitative estimate of drug-likeness (QED) is 0.768. The Hall–Kier alpha value is -1.81. The number of benzene rings is 2. The number of halogens is 1. The SMILES string of the molecule is NS(=O)(=O)c1ccc(S(=O)(=O)N(Cc2ccc(F)cc2)C2CCCCC2)cc1. The Morgan fingerprint density at radius 1 is 0.857 bits per heavy atom. The lowest BCUT2D eigenvalue weighted by Crippen LogP contribution is -2.40. The average molecular weight is 427 g/mol. The van der Waals surface area contributed by atoms with Crippen LogP contribution >= 0.6 is 0 Å². The highest BCUT2D eigenvalue weighted by molar-refractivity contribution is 7.89. The van der Waals surface area contributed by atoms with Gasteiger partial charge in [-0.15, -0.1) is 0 Å². The summed E-state index contributed by atoms with van der Waals surface area (Å²) in [7, 11) is -7.77. The second kappa shape index (κ2) is 8.28. The van der Waals surface area contributed by atoms with E-state index in [1.54, 1.807) is 12.1 Å². The number of hydrogen-bond acceptors (Lipinski definition) is 4. The van der Waals surface area contributed by atoms with E-state index in [0.717, 1.165) is 32.1 Å². The van der Waals surface area contributed by atoms with Crippen LogP contribution < -0.4 is 5.14 Å². The summed E-state index contributed by atoms with van der Waals surface area (Å²) in [5.74, 6) is -0.380. The largest absolute Gasteiger partial charge is 0.243 e. The molecule has 1 aliphatic rings. The minimum Gasteiger partial charge on any atom is -0.225 e. The van der Waals surface area contributed by atoms with Crippen LogP contribution in [0.2, 0.25) is 0 Å². The van der Waals surface area contributed by atoms with Crippen LogP contribution in [-0.2, 0) is 26.6 Å². The molecule has 1 aliphatic carbocycles. The molecule has 0 unspecified atom stereocenters. The topological polar surface area (TPSA) is 97.5 Å². The van der Waals surface area contributed by atoms with E-state index in [2.05, 4.69) is 0 Å². The van der Waals surface area contributed by atoms with Crippen LogP contribution in [0.25, 0.3) is 0 Å². The molecule has 2 N–H and O–H groups in total. The number of sulfonamides is 2. The van der Waals surface area contributed by atoms with E-state index >= 15 is 0 Å². The van der Waals surface area contributed by atoms with E-state index in [9.17, 15) is 21.2 Å². The molecule has 2 aromatic rings. The highest BCUT2D eigenvalue weighted by atomic mass is 32.2. The Morgan fingerprint density at radius 3 is 1.93 bits per heavy atom. The second-order valence-corrected chi connectivity index (χ2v) is 10.4. The second-order valence-electron chi connectivity index (χ2n) is 6.98. The molecule has 0 amide bonds. The van der Waals surface area contributed by atoms with E-state index in [0.29, 0.717) is 5.56 Å². The number of hydrogen-bond donors (Lipinski definition) is 1. The van der Waals surface area contributed by atoms with E-state index in [1.165, 1.54) is 40.7 Å². The molecule has 1 saturated carbocycles. The number of rotatable bonds is 6. The minimum absolute atomic E-state index is 0.00702. The van der Waals surface area contributed by atoms with Crippen LogP contribution in [0.15, 0.2) is 58.3 Å². The third kappa shape index (κ3) is 4.78. The van der Waals surface area contributed by atoms with Crippen molar-refractivity contribution >= 4 is 20.0 Å². The number of nitrogens with two attached hydrogens (primary N) is 1. The molecule has 1 fully saturated rings. The Balaban J connectivity index is 1.96. The van der Waals surface area contributed by atoms with Crippen LogP contribution in [-0.4, -0.2) is 27.2 Å². The van der Waals surface area contributed by atoms with Gasteiger partial charge in [0.05, 0.1) is 9.79 Å². The molecule has 2 aromatic carbocycles. The molecule has 0 atom stereocenters. The van der Waals surface area contributed by atoms with Gasteiger partial charge in [-0.2, -0.15) is 4.31 Å². The third-order valence-electron chi connectivity index (χ3n) is 4.99. The predicted octanol–water partition coefficient (Wildman–Crippen LogP) is 3.00. The fraction of sp³-hybridized carbons (Fsp3) is 0.368. The first-order valence-electron chi connectivity index (χ1n) is 9.07. The molecule has 0 saturated heterocycles. The van der Waals surface area contributed by atoms with Gasteiger partial charge in [0.15, 0.2) is 0 Å². The van der Waals surface area contributed by atoms with Crippen LogP contribution in [0, 0.1) is 5.82 Å². The summed E-state index contributed by atoms with van der Waals surface area (Å²) in [5.41, 5.74) is 0.691. The highest BCUT2D eigenvalue weighted by Crippen LogP contribution is 2.30. The van der Waals surface area contributed by atoms with E-state index in [1.807, 2.05) is 0 Å². The molecule has 9 heteroatoms. The van der Waals surface area contributed by atoms with Crippen molar-refractivity contribution in [3.05, 3.63) is 59.9 Å². The molecule has 0 heterocycles. The third-order valence-corrected chi connectivity index (χ3v) is 7.83. The van der Waals surface area contributed by atoms with E-state index in [-0.39, 0.29) is 28.2 Å². The van der Waals surface area contributed by atoms with Gasteiger partial charge >= 0.3 is 0 Å². The molecule has 3 rings (SSSR count). The lowest BCUT2D eigenvalue weighted by atomic mass is 9.95. The van der Waals surface area contributed by atoms with Crippen molar-refractivity contribution < 1.29 is 21.2 Å². The Morgan fingerprint density at radius 2 is 1.39 bits per heavy atom. The van der Waals surface area contributed by atoms with Crippen molar-refractivity contribution in [3.8, 4) is 0 Å². The first kappa shape index (κ1) is 20.9. The monoisotopic (exact) mass is 426 g/mol. The molecule has 0 aromatic heterocycles. The summed E-state index contributed by atoms with van der Waals surface area (Å²) in [6, 6.07) is 10.5. The van der Waals surface area contributed by atoms with Crippen LogP contribution in [0.4, 0.5) is 4.39 Å². The number of nitrogens with zero attached hydrogens (tertiary/aromatic N) is 1. The summed E-state index contributed by atoms with van der Waals surface area (Å²) in [5, 5.41) is 5.09. The van der Waals surface area contributed by atoms with Crippen molar-refractivity contribution in [1.29, 1.82) is 0 Å². The van der Waals surface area contributed by atoms with Crippen molar-refractivity contribution in [1.82, 2.24) is 4.31 Å². The summed E-state index contributed by atoms with van der Waals surface area (Å²) >= 11 is 0. The normalized spacial score (nSPS) is 16.4. The highest BCUT2D eigenvalue weighted by Gasteiger charge is 2.32. The van der Waals surface area contributed by atoms with Gasteiger partial charge < -0.3 is 0 Å². The molecule has 152 valence electrons. The van der Waals surface area contributed by atoms with Crippen molar-refractivity contribution in [3.63, 3.8) is 0 Å².